The van der Waals surface area contributed by atoms with Gasteiger partial charge in [-0.2, -0.15) is 10.2 Å². The van der Waals surface area contributed by atoms with Crippen LogP contribution in [-0.2, 0) is 10.3 Å². The number of ether oxygens (including phenoxy) is 1. The highest BCUT2D eigenvalue weighted by Gasteiger charge is 2.30. The predicted octanol–water partition coefficient (Wildman–Crippen LogP) is 3.16. The van der Waals surface area contributed by atoms with Crippen LogP contribution in [0.25, 0.3) is 0 Å². The second-order valence-corrected chi connectivity index (χ2v) is 3.40. The number of fused-ring (bicyclic) bond motifs is 1. The highest BCUT2D eigenvalue weighted by Crippen LogP contribution is 2.40. The monoisotopic (exact) mass is 188 g/mol. The molecule has 3 heteroatoms. The van der Waals surface area contributed by atoms with Gasteiger partial charge in [0.2, 0.25) is 0 Å². The van der Waals surface area contributed by atoms with E-state index in [9.17, 15) is 0 Å². The summed E-state index contributed by atoms with van der Waals surface area (Å²) in [7, 11) is 1.62. The van der Waals surface area contributed by atoms with Crippen molar-refractivity contribution in [3.63, 3.8) is 0 Å². The number of azo groups is 1. The van der Waals surface area contributed by atoms with Crippen LogP contribution < -0.4 is 0 Å². The van der Waals surface area contributed by atoms with E-state index in [-0.39, 0.29) is 5.54 Å². The molecule has 0 aliphatic carbocycles. The summed E-state index contributed by atoms with van der Waals surface area (Å²) in [6.45, 7) is 2.01. The third-order valence-electron chi connectivity index (χ3n) is 2.34. The van der Waals surface area contributed by atoms with Crippen LogP contribution in [0.2, 0.25) is 0 Å². The van der Waals surface area contributed by atoms with Crippen LogP contribution in [0.15, 0.2) is 46.8 Å². The number of benzene rings is 1. The lowest BCUT2D eigenvalue weighted by atomic mass is 9.93. The molecular formula is C11H12N2O. The number of hydrogen-bond acceptors (Lipinski definition) is 3. The molecule has 0 N–H and O–H groups in total. The van der Waals surface area contributed by atoms with Gasteiger partial charge >= 0.3 is 0 Å². The Morgan fingerprint density at radius 2 is 2.14 bits per heavy atom. The summed E-state index contributed by atoms with van der Waals surface area (Å²) >= 11 is 0. The summed E-state index contributed by atoms with van der Waals surface area (Å²) in [5.74, 6) is 0. The predicted molar refractivity (Wildman–Crippen MR) is 54.5 cm³/mol. The van der Waals surface area contributed by atoms with Crippen molar-refractivity contribution in [2.75, 3.05) is 7.11 Å². The van der Waals surface area contributed by atoms with Crippen LogP contribution in [0, 0.1) is 0 Å². The van der Waals surface area contributed by atoms with E-state index in [0.717, 1.165) is 11.3 Å². The molecule has 14 heavy (non-hydrogen) atoms. The normalized spacial score (nSPS) is 24.1. The van der Waals surface area contributed by atoms with Gasteiger partial charge in [0.25, 0.3) is 0 Å². The maximum atomic E-state index is 4.90. The van der Waals surface area contributed by atoms with E-state index in [2.05, 4.69) is 10.2 Å². The smallest absolute Gasteiger partial charge is 0.127 e. The first-order valence-corrected chi connectivity index (χ1v) is 4.49. The fourth-order valence-electron chi connectivity index (χ4n) is 1.52. The van der Waals surface area contributed by atoms with E-state index in [0.29, 0.717) is 0 Å². The van der Waals surface area contributed by atoms with Gasteiger partial charge < -0.3 is 4.74 Å². The first-order chi connectivity index (χ1) is 6.76. The molecule has 0 spiro atoms. The van der Waals surface area contributed by atoms with E-state index < -0.39 is 0 Å². The van der Waals surface area contributed by atoms with E-state index in [4.69, 9.17) is 4.74 Å². The summed E-state index contributed by atoms with van der Waals surface area (Å²) in [6.07, 6.45) is 3.55. The van der Waals surface area contributed by atoms with Crippen LogP contribution in [0.1, 0.15) is 12.5 Å². The standard InChI is InChI=1S/C11H12N2O/c1-11(7-8-14-2)9-5-3-4-6-10(9)12-13-11/h3-8H,1-2H3/b8-7+. The second kappa shape index (κ2) is 3.25. The molecule has 2 rings (SSSR count). The molecule has 1 unspecified atom stereocenters. The Kier molecular flexibility index (Phi) is 2.08. The van der Waals surface area contributed by atoms with Crippen molar-refractivity contribution in [3.8, 4) is 0 Å². The maximum absolute atomic E-state index is 4.90. The average molecular weight is 188 g/mol. The van der Waals surface area contributed by atoms with Crippen molar-refractivity contribution >= 4 is 5.69 Å². The lowest BCUT2D eigenvalue weighted by Crippen LogP contribution is -2.11. The molecule has 1 aromatic carbocycles. The summed E-state index contributed by atoms with van der Waals surface area (Å²) < 4.78 is 4.90. The van der Waals surface area contributed by atoms with Gasteiger partial charge in [-0.05, 0) is 19.1 Å². The largest absolute Gasteiger partial charge is 0.505 e. The first kappa shape index (κ1) is 8.94. The second-order valence-electron chi connectivity index (χ2n) is 3.40. The van der Waals surface area contributed by atoms with Gasteiger partial charge in [-0.25, -0.2) is 0 Å². The topological polar surface area (TPSA) is 34.0 Å². The number of methoxy groups -OCH3 is 1. The third-order valence-corrected chi connectivity index (χ3v) is 2.34. The molecule has 0 aromatic heterocycles. The zero-order chi connectivity index (χ0) is 10.0. The van der Waals surface area contributed by atoms with Crippen molar-refractivity contribution in [2.45, 2.75) is 12.5 Å². The van der Waals surface area contributed by atoms with E-state index in [1.165, 1.54) is 0 Å². The van der Waals surface area contributed by atoms with Gasteiger partial charge in [0, 0.05) is 5.56 Å². The van der Waals surface area contributed by atoms with Crippen molar-refractivity contribution < 1.29 is 4.74 Å². The molecule has 0 saturated carbocycles. The van der Waals surface area contributed by atoms with Crippen molar-refractivity contribution in [3.05, 3.63) is 42.2 Å². The zero-order valence-corrected chi connectivity index (χ0v) is 8.27. The minimum absolute atomic E-state index is 0.368. The number of rotatable bonds is 2. The minimum Gasteiger partial charge on any atom is -0.505 e. The Balaban J connectivity index is 2.42. The molecule has 1 heterocycles. The number of nitrogens with zero attached hydrogens (tertiary/aromatic N) is 2. The molecule has 72 valence electrons. The van der Waals surface area contributed by atoms with E-state index in [1.54, 1.807) is 13.4 Å². The molecule has 1 aliphatic rings. The van der Waals surface area contributed by atoms with Gasteiger partial charge in [0.05, 0.1) is 19.1 Å². The molecule has 0 bridgehead atoms. The molecular weight excluding hydrogens is 176 g/mol. The Morgan fingerprint density at radius 1 is 1.36 bits per heavy atom. The molecule has 1 atom stereocenters. The van der Waals surface area contributed by atoms with Gasteiger partial charge in [-0.1, -0.05) is 18.2 Å². The SMILES string of the molecule is CO/C=C/C1(C)N=Nc2ccccc21. The van der Waals surface area contributed by atoms with Crippen LogP contribution in [0.4, 0.5) is 5.69 Å². The Morgan fingerprint density at radius 3 is 2.93 bits per heavy atom. The summed E-state index contributed by atoms with van der Waals surface area (Å²) in [5, 5.41) is 8.35. The third kappa shape index (κ3) is 1.31. The van der Waals surface area contributed by atoms with E-state index in [1.807, 2.05) is 37.3 Å². The Bertz CT molecular complexity index is 398. The van der Waals surface area contributed by atoms with Crippen LogP contribution in [-0.4, -0.2) is 7.11 Å². The highest BCUT2D eigenvalue weighted by molar-refractivity contribution is 5.53. The average Bonchev–Trinajstić information content (AvgIpc) is 2.55. The molecule has 1 aromatic rings. The fourth-order valence-corrected chi connectivity index (χ4v) is 1.52. The van der Waals surface area contributed by atoms with Gasteiger partial charge in [0.15, 0.2) is 0 Å². The Labute approximate surface area is 83.1 Å². The molecule has 0 radical (unpaired) electrons. The lowest BCUT2D eigenvalue weighted by Gasteiger charge is -2.14. The van der Waals surface area contributed by atoms with Crippen molar-refractivity contribution in [1.29, 1.82) is 0 Å². The molecule has 0 fully saturated rings. The molecule has 1 aliphatic heterocycles. The quantitative estimate of drug-likeness (QED) is 0.656. The molecule has 0 saturated heterocycles. The summed E-state index contributed by atoms with van der Waals surface area (Å²) in [5.41, 5.74) is 1.69. The van der Waals surface area contributed by atoms with Crippen LogP contribution >= 0.6 is 0 Å². The summed E-state index contributed by atoms with van der Waals surface area (Å²) in [6, 6.07) is 7.96. The zero-order valence-electron chi connectivity index (χ0n) is 8.27. The Hall–Kier alpha value is -1.64. The minimum atomic E-state index is -0.368. The summed E-state index contributed by atoms with van der Waals surface area (Å²) in [4.78, 5) is 0. The van der Waals surface area contributed by atoms with E-state index >= 15 is 0 Å². The van der Waals surface area contributed by atoms with Crippen LogP contribution in [0.5, 0.6) is 0 Å². The van der Waals surface area contributed by atoms with Gasteiger partial charge in [-0.3, -0.25) is 0 Å². The van der Waals surface area contributed by atoms with Crippen molar-refractivity contribution in [2.24, 2.45) is 10.2 Å². The highest BCUT2D eigenvalue weighted by atomic mass is 16.5. The first-order valence-electron chi connectivity index (χ1n) is 4.49. The van der Waals surface area contributed by atoms with Gasteiger partial charge in [0.1, 0.15) is 5.54 Å². The molecule has 0 amide bonds. The fraction of sp³-hybridized carbons (Fsp3) is 0.273. The lowest BCUT2D eigenvalue weighted by molar-refractivity contribution is 0.332. The number of hydrogen-bond donors (Lipinski definition) is 0. The van der Waals surface area contributed by atoms with Crippen molar-refractivity contribution in [1.82, 2.24) is 0 Å². The maximum Gasteiger partial charge on any atom is 0.127 e. The van der Waals surface area contributed by atoms with Crippen LogP contribution in [0.3, 0.4) is 0 Å². The molecule has 3 nitrogen and oxygen atoms in total. The van der Waals surface area contributed by atoms with Gasteiger partial charge in [-0.15, -0.1) is 0 Å².